The Morgan fingerprint density at radius 2 is 2.00 bits per heavy atom. The normalized spacial score (nSPS) is 11.2. The van der Waals surface area contributed by atoms with Gasteiger partial charge in [-0.15, -0.1) is 0 Å². The molecule has 2 aromatic heterocycles. The zero-order valence-corrected chi connectivity index (χ0v) is 11.9. The molecule has 0 aromatic carbocycles. The molecule has 20 heavy (non-hydrogen) atoms. The molecule has 7 heteroatoms. The maximum absolute atomic E-state index is 12.0. The highest BCUT2D eigenvalue weighted by Crippen LogP contribution is 2.14. The van der Waals surface area contributed by atoms with Gasteiger partial charge in [0.2, 0.25) is 10.0 Å². The molecule has 0 spiro atoms. The summed E-state index contributed by atoms with van der Waals surface area (Å²) in [6.45, 7) is 1.80. The monoisotopic (exact) mass is 292 g/mol. The van der Waals surface area contributed by atoms with Crippen LogP contribution in [-0.2, 0) is 16.4 Å². The maximum atomic E-state index is 12.0. The van der Waals surface area contributed by atoms with Crippen LogP contribution in [0.1, 0.15) is 11.1 Å². The van der Waals surface area contributed by atoms with Gasteiger partial charge in [0.1, 0.15) is 5.82 Å². The second kappa shape index (κ2) is 5.87. The van der Waals surface area contributed by atoms with E-state index in [9.17, 15) is 8.42 Å². The Bertz CT molecular complexity index is 687. The molecule has 0 bridgehead atoms. The molecule has 0 amide bonds. The van der Waals surface area contributed by atoms with Gasteiger partial charge in [0.25, 0.3) is 0 Å². The van der Waals surface area contributed by atoms with Crippen molar-refractivity contribution < 1.29 is 8.42 Å². The molecule has 0 saturated carbocycles. The molecule has 0 radical (unpaired) electrons. The van der Waals surface area contributed by atoms with Gasteiger partial charge in [-0.05, 0) is 42.7 Å². The number of anilines is 2. The van der Waals surface area contributed by atoms with Gasteiger partial charge in [0, 0.05) is 12.4 Å². The van der Waals surface area contributed by atoms with Gasteiger partial charge < -0.3 is 5.73 Å². The van der Waals surface area contributed by atoms with E-state index in [2.05, 4.69) is 14.7 Å². The lowest BCUT2D eigenvalue weighted by Crippen LogP contribution is -2.19. The highest BCUT2D eigenvalue weighted by Gasteiger charge is 2.12. The summed E-state index contributed by atoms with van der Waals surface area (Å²) in [5.41, 5.74) is 7.88. The minimum absolute atomic E-state index is 0.0118. The third kappa shape index (κ3) is 3.92. The molecule has 0 aliphatic carbocycles. The molecule has 2 heterocycles. The van der Waals surface area contributed by atoms with E-state index in [1.165, 1.54) is 6.20 Å². The molecule has 2 aromatic rings. The lowest BCUT2D eigenvalue weighted by atomic mass is 10.2. The van der Waals surface area contributed by atoms with E-state index in [0.717, 1.165) is 11.1 Å². The predicted molar refractivity (Wildman–Crippen MR) is 78.7 cm³/mol. The lowest BCUT2D eigenvalue weighted by Gasteiger charge is -2.08. The van der Waals surface area contributed by atoms with Gasteiger partial charge in [-0.2, -0.15) is 0 Å². The zero-order valence-electron chi connectivity index (χ0n) is 11.1. The van der Waals surface area contributed by atoms with E-state index in [0.29, 0.717) is 12.1 Å². The quantitative estimate of drug-likeness (QED) is 0.867. The van der Waals surface area contributed by atoms with Gasteiger partial charge in [-0.3, -0.25) is 9.71 Å². The molecule has 0 unspecified atom stereocenters. The van der Waals surface area contributed by atoms with Crippen molar-refractivity contribution in [3.8, 4) is 0 Å². The smallest absolute Gasteiger partial charge is 0.234 e. The number of nitrogens with zero attached hydrogens (tertiary/aromatic N) is 2. The van der Waals surface area contributed by atoms with Crippen LogP contribution >= 0.6 is 0 Å². The van der Waals surface area contributed by atoms with E-state index < -0.39 is 10.0 Å². The van der Waals surface area contributed by atoms with Crippen LogP contribution in [0.4, 0.5) is 11.5 Å². The molecule has 3 N–H and O–H groups in total. The highest BCUT2D eigenvalue weighted by atomic mass is 32.2. The summed E-state index contributed by atoms with van der Waals surface area (Å²) >= 11 is 0. The minimum Gasteiger partial charge on any atom is -0.397 e. The van der Waals surface area contributed by atoms with Crippen molar-refractivity contribution in [1.29, 1.82) is 0 Å². The van der Waals surface area contributed by atoms with Gasteiger partial charge in [-0.25, -0.2) is 13.4 Å². The Hall–Kier alpha value is -2.15. The van der Waals surface area contributed by atoms with Crippen LogP contribution in [0.15, 0.2) is 36.8 Å². The lowest BCUT2D eigenvalue weighted by molar-refractivity contribution is 0.600. The summed E-state index contributed by atoms with van der Waals surface area (Å²) in [6, 6.07) is 5.20. The molecule has 6 nitrogen and oxygen atoms in total. The summed E-state index contributed by atoms with van der Waals surface area (Å²) < 4.78 is 26.4. The van der Waals surface area contributed by atoms with Crippen molar-refractivity contribution in [2.24, 2.45) is 0 Å². The highest BCUT2D eigenvalue weighted by molar-refractivity contribution is 7.92. The van der Waals surface area contributed by atoms with Crippen LogP contribution in [0.25, 0.3) is 0 Å². The van der Waals surface area contributed by atoms with Crippen molar-refractivity contribution in [3.05, 3.63) is 47.9 Å². The Balaban J connectivity index is 2.02. The number of nitrogens with two attached hydrogens (primary N) is 1. The first-order valence-corrected chi connectivity index (χ1v) is 7.73. The van der Waals surface area contributed by atoms with Crippen molar-refractivity contribution in [2.75, 3.05) is 16.2 Å². The number of nitrogen functional groups attached to an aromatic ring is 1. The van der Waals surface area contributed by atoms with E-state index in [-0.39, 0.29) is 11.6 Å². The SMILES string of the molecule is Cc1cc(NS(=O)(=O)CCc2ccncc2)ncc1N. The number of sulfonamides is 1. The van der Waals surface area contributed by atoms with Gasteiger partial charge in [0.05, 0.1) is 17.6 Å². The molecule has 0 aliphatic heterocycles. The fourth-order valence-electron chi connectivity index (χ4n) is 1.63. The minimum atomic E-state index is -3.44. The standard InChI is InChI=1S/C13H16N4O2S/c1-10-8-13(16-9-12(10)14)17-20(18,19)7-4-11-2-5-15-6-3-11/h2-3,5-6,8-9H,4,7,14H2,1H3,(H,16,17). The number of aromatic nitrogens is 2. The fourth-order valence-corrected chi connectivity index (χ4v) is 2.67. The average molecular weight is 292 g/mol. The number of pyridine rings is 2. The third-order valence-corrected chi connectivity index (χ3v) is 4.08. The van der Waals surface area contributed by atoms with E-state index >= 15 is 0 Å². The van der Waals surface area contributed by atoms with Crippen LogP contribution in [0.3, 0.4) is 0 Å². The van der Waals surface area contributed by atoms with Crippen molar-refractivity contribution in [1.82, 2.24) is 9.97 Å². The first-order valence-electron chi connectivity index (χ1n) is 6.08. The second-order valence-electron chi connectivity index (χ2n) is 4.45. The Morgan fingerprint density at radius 3 is 2.65 bits per heavy atom. The molecule has 2 rings (SSSR count). The average Bonchev–Trinajstić information content (AvgIpc) is 2.42. The van der Waals surface area contributed by atoms with Crippen LogP contribution in [0.2, 0.25) is 0 Å². The summed E-state index contributed by atoms with van der Waals surface area (Å²) in [4.78, 5) is 7.84. The molecular formula is C13H16N4O2S. The number of hydrogen-bond donors (Lipinski definition) is 2. The van der Waals surface area contributed by atoms with Gasteiger partial charge in [-0.1, -0.05) is 0 Å². The Labute approximate surface area is 118 Å². The Kier molecular flexibility index (Phi) is 4.19. The summed E-state index contributed by atoms with van der Waals surface area (Å²) in [5, 5.41) is 0. The Morgan fingerprint density at radius 1 is 1.30 bits per heavy atom. The number of rotatable bonds is 5. The van der Waals surface area contributed by atoms with Gasteiger partial charge >= 0.3 is 0 Å². The number of hydrogen-bond acceptors (Lipinski definition) is 5. The van der Waals surface area contributed by atoms with Crippen LogP contribution in [0.5, 0.6) is 0 Å². The maximum Gasteiger partial charge on any atom is 0.234 e. The topological polar surface area (TPSA) is 98.0 Å². The zero-order chi connectivity index (χ0) is 14.6. The summed E-state index contributed by atoms with van der Waals surface area (Å²) in [5.74, 6) is 0.272. The van der Waals surface area contributed by atoms with Gasteiger partial charge in [0.15, 0.2) is 0 Å². The number of nitrogens with one attached hydrogen (secondary N) is 1. The molecule has 0 aliphatic rings. The third-order valence-electron chi connectivity index (χ3n) is 2.82. The first-order chi connectivity index (χ1) is 9.46. The molecule has 0 atom stereocenters. The summed E-state index contributed by atoms with van der Waals surface area (Å²) in [6.07, 6.45) is 5.14. The fraction of sp³-hybridized carbons (Fsp3) is 0.231. The molecule has 106 valence electrons. The first kappa shape index (κ1) is 14.3. The second-order valence-corrected chi connectivity index (χ2v) is 6.29. The van der Waals surface area contributed by atoms with Crippen LogP contribution in [0, 0.1) is 6.92 Å². The predicted octanol–water partition coefficient (Wildman–Crippen LogP) is 1.35. The van der Waals surface area contributed by atoms with Crippen molar-refractivity contribution >= 4 is 21.5 Å². The van der Waals surface area contributed by atoms with Crippen LogP contribution in [-0.4, -0.2) is 24.1 Å². The molecule has 0 fully saturated rings. The largest absolute Gasteiger partial charge is 0.397 e. The summed E-state index contributed by atoms with van der Waals surface area (Å²) in [7, 11) is -3.44. The van der Waals surface area contributed by atoms with Crippen molar-refractivity contribution in [2.45, 2.75) is 13.3 Å². The molecule has 0 saturated heterocycles. The van der Waals surface area contributed by atoms with E-state index in [4.69, 9.17) is 5.73 Å². The number of aryl methyl sites for hydroxylation is 2. The molecular weight excluding hydrogens is 276 g/mol. The van der Waals surface area contributed by atoms with E-state index in [1.54, 1.807) is 37.5 Å². The van der Waals surface area contributed by atoms with Crippen molar-refractivity contribution in [3.63, 3.8) is 0 Å². The van der Waals surface area contributed by atoms with E-state index in [1.807, 2.05) is 0 Å². The van der Waals surface area contributed by atoms with Crippen LogP contribution < -0.4 is 10.5 Å².